The van der Waals surface area contributed by atoms with E-state index in [0.717, 1.165) is 32.0 Å². The van der Waals surface area contributed by atoms with Crippen LogP contribution < -0.4 is 5.73 Å². The summed E-state index contributed by atoms with van der Waals surface area (Å²) >= 11 is 0. The molecular weight excluding hydrogens is 188 g/mol. The molecule has 1 aliphatic carbocycles. The van der Waals surface area contributed by atoms with Gasteiger partial charge < -0.3 is 10.5 Å². The monoisotopic (exact) mass is 212 g/mol. The van der Waals surface area contributed by atoms with Gasteiger partial charge in [0.25, 0.3) is 0 Å². The Kier molecular flexibility index (Phi) is 6.41. The van der Waals surface area contributed by atoms with E-state index >= 15 is 0 Å². The zero-order chi connectivity index (χ0) is 10.9. The van der Waals surface area contributed by atoms with E-state index in [1.165, 1.54) is 32.1 Å². The van der Waals surface area contributed by atoms with Gasteiger partial charge in [-0.2, -0.15) is 0 Å². The molecular formula is C12H24N2O. The molecule has 15 heavy (non-hydrogen) atoms. The van der Waals surface area contributed by atoms with E-state index in [4.69, 9.17) is 10.5 Å². The van der Waals surface area contributed by atoms with Crippen molar-refractivity contribution in [2.45, 2.75) is 45.4 Å². The quantitative estimate of drug-likeness (QED) is 0.417. The minimum atomic E-state index is 0.561. The van der Waals surface area contributed by atoms with Gasteiger partial charge in [0.2, 0.25) is 0 Å². The minimum Gasteiger partial charge on any atom is -0.387 e. The van der Waals surface area contributed by atoms with Crippen LogP contribution in [0.25, 0.3) is 0 Å². The maximum absolute atomic E-state index is 5.97. The summed E-state index contributed by atoms with van der Waals surface area (Å²) in [4.78, 5) is 4.43. The summed E-state index contributed by atoms with van der Waals surface area (Å²) in [6.07, 6.45) is 7.47. The molecule has 0 aromatic rings. The van der Waals surface area contributed by atoms with Crippen molar-refractivity contribution in [2.75, 3.05) is 19.8 Å². The Morgan fingerprint density at radius 3 is 2.73 bits per heavy atom. The van der Waals surface area contributed by atoms with Gasteiger partial charge in [-0.15, -0.1) is 0 Å². The summed E-state index contributed by atoms with van der Waals surface area (Å²) in [7, 11) is 0. The number of aliphatic imine (C=N–C) groups is 1. The molecule has 0 heterocycles. The second-order valence-electron chi connectivity index (χ2n) is 4.19. The highest BCUT2D eigenvalue weighted by Crippen LogP contribution is 2.23. The van der Waals surface area contributed by atoms with Gasteiger partial charge in [0.1, 0.15) is 0 Å². The standard InChI is InChI=1S/C12H24N2O/c1-2-15-10-6-9-14-12(13)11-7-4-3-5-8-11/h11H,2-10H2,1H3,(H2,13,14). The molecule has 0 aromatic heterocycles. The molecule has 3 nitrogen and oxygen atoms in total. The summed E-state index contributed by atoms with van der Waals surface area (Å²) < 4.78 is 5.25. The molecule has 1 fully saturated rings. The lowest BCUT2D eigenvalue weighted by Crippen LogP contribution is -2.26. The van der Waals surface area contributed by atoms with Crippen LogP contribution in [0.15, 0.2) is 4.99 Å². The van der Waals surface area contributed by atoms with Crippen molar-refractivity contribution < 1.29 is 4.74 Å². The van der Waals surface area contributed by atoms with Gasteiger partial charge in [-0.3, -0.25) is 4.99 Å². The third-order valence-corrected chi connectivity index (χ3v) is 2.97. The third-order valence-electron chi connectivity index (χ3n) is 2.97. The molecule has 0 atom stereocenters. The number of hydrogen-bond donors (Lipinski definition) is 1. The first-order chi connectivity index (χ1) is 7.34. The molecule has 88 valence electrons. The van der Waals surface area contributed by atoms with Gasteiger partial charge in [0.05, 0.1) is 5.84 Å². The van der Waals surface area contributed by atoms with Crippen LogP contribution in [0.4, 0.5) is 0 Å². The lowest BCUT2D eigenvalue weighted by atomic mass is 9.88. The second-order valence-corrected chi connectivity index (χ2v) is 4.19. The number of nitrogens with two attached hydrogens (primary N) is 1. The zero-order valence-corrected chi connectivity index (χ0v) is 9.87. The molecule has 1 rings (SSSR count). The lowest BCUT2D eigenvalue weighted by Gasteiger charge is -2.20. The summed E-state index contributed by atoms with van der Waals surface area (Å²) in [6, 6.07) is 0. The maximum atomic E-state index is 5.97. The summed E-state index contributed by atoms with van der Waals surface area (Å²) in [5.74, 6) is 1.44. The van der Waals surface area contributed by atoms with Gasteiger partial charge >= 0.3 is 0 Å². The van der Waals surface area contributed by atoms with Crippen molar-refractivity contribution >= 4 is 5.84 Å². The molecule has 2 N–H and O–H groups in total. The van der Waals surface area contributed by atoms with Crippen LogP contribution in [-0.2, 0) is 4.74 Å². The normalized spacial score (nSPS) is 19.4. The Bertz CT molecular complexity index is 186. The number of amidine groups is 1. The maximum Gasteiger partial charge on any atom is 0.0968 e. The number of ether oxygens (including phenoxy) is 1. The van der Waals surface area contributed by atoms with Crippen molar-refractivity contribution in [1.82, 2.24) is 0 Å². The predicted octanol–water partition coefficient (Wildman–Crippen LogP) is 2.35. The van der Waals surface area contributed by atoms with Crippen LogP contribution in [0.2, 0.25) is 0 Å². The van der Waals surface area contributed by atoms with Crippen molar-refractivity contribution in [2.24, 2.45) is 16.6 Å². The minimum absolute atomic E-state index is 0.561. The SMILES string of the molecule is CCOCCCN=C(N)C1CCCCC1. The largest absolute Gasteiger partial charge is 0.387 e. The Morgan fingerprint density at radius 2 is 2.07 bits per heavy atom. The van der Waals surface area contributed by atoms with Gasteiger partial charge in [-0.25, -0.2) is 0 Å². The Hall–Kier alpha value is -0.570. The first-order valence-electron chi connectivity index (χ1n) is 6.22. The van der Waals surface area contributed by atoms with Crippen molar-refractivity contribution in [3.63, 3.8) is 0 Å². The van der Waals surface area contributed by atoms with Crippen LogP contribution in [0, 0.1) is 5.92 Å². The van der Waals surface area contributed by atoms with E-state index in [0.29, 0.717) is 5.92 Å². The fraction of sp³-hybridized carbons (Fsp3) is 0.917. The number of nitrogens with zero attached hydrogens (tertiary/aromatic N) is 1. The second kappa shape index (κ2) is 7.69. The topological polar surface area (TPSA) is 47.6 Å². The van der Waals surface area contributed by atoms with E-state index in [1.807, 2.05) is 6.92 Å². The number of rotatable bonds is 6. The Balaban J connectivity index is 2.13. The van der Waals surface area contributed by atoms with Crippen LogP contribution in [0.5, 0.6) is 0 Å². The smallest absolute Gasteiger partial charge is 0.0968 e. The van der Waals surface area contributed by atoms with Crippen LogP contribution >= 0.6 is 0 Å². The number of hydrogen-bond acceptors (Lipinski definition) is 2. The molecule has 1 saturated carbocycles. The zero-order valence-electron chi connectivity index (χ0n) is 9.87. The van der Waals surface area contributed by atoms with Crippen molar-refractivity contribution in [3.05, 3.63) is 0 Å². The average Bonchev–Trinajstić information content (AvgIpc) is 2.30. The Labute approximate surface area is 93.1 Å². The van der Waals surface area contributed by atoms with Crippen molar-refractivity contribution in [1.29, 1.82) is 0 Å². The van der Waals surface area contributed by atoms with E-state index < -0.39 is 0 Å². The third kappa shape index (κ3) is 5.17. The van der Waals surface area contributed by atoms with Gasteiger partial charge in [0, 0.05) is 25.7 Å². The fourth-order valence-electron chi connectivity index (χ4n) is 2.05. The average molecular weight is 212 g/mol. The molecule has 0 amide bonds. The highest BCUT2D eigenvalue weighted by atomic mass is 16.5. The first-order valence-corrected chi connectivity index (χ1v) is 6.22. The predicted molar refractivity (Wildman–Crippen MR) is 64.2 cm³/mol. The van der Waals surface area contributed by atoms with Gasteiger partial charge in [-0.05, 0) is 26.2 Å². The van der Waals surface area contributed by atoms with Crippen LogP contribution in [-0.4, -0.2) is 25.6 Å². The molecule has 0 bridgehead atoms. The molecule has 0 saturated heterocycles. The molecule has 3 heteroatoms. The molecule has 0 radical (unpaired) electrons. The molecule has 0 aromatic carbocycles. The first kappa shape index (κ1) is 12.5. The van der Waals surface area contributed by atoms with Gasteiger partial charge in [0.15, 0.2) is 0 Å². The molecule has 0 aliphatic heterocycles. The van der Waals surface area contributed by atoms with E-state index in [-0.39, 0.29) is 0 Å². The van der Waals surface area contributed by atoms with E-state index in [9.17, 15) is 0 Å². The highest BCUT2D eigenvalue weighted by Gasteiger charge is 2.16. The Morgan fingerprint density at radius 1 is 1.33 bits per heavy atom. The molecule has 0 unspecified atom stereocenters. The van der Waals surface area contributed by atoms with E-state index in [1.54, 1.807) is 0 Å². The summed E-state index contributed by atoms with van der Waals surface area (Å²) in [5, 5.41) is 0. The van der Waals surface area contributed by atoms with Crippen LogP contribution in [0.3, 0.4) is 0 Å². The fourth-order valence-corrected chi connectivity index (χ4v) is 2.05. The molecule has 0 spiro atoms. The summed E-state index contributed by atoms with van der Waals surface area (Å²) in [6.45, 7) is 4.43. The van der Waals surface area contributed by atoms with Gasteiger partial charge in [-0.1, -0.05) is 19.3 Å². The van der Waals surface area contributed by atoms with Crippen molar-refractivity contribution in [3.8, 4) is 0 Å². The molecule has 1 aliphatic rings. The lowest BCUT2D eigenvalue weighted by molar-refractivity contribution is 0.146. The van der Waals surface area contributed by atoms with E-state index in [2.05, 4.69) is 4.99 Å². The highest BCUT2D eigenvalue weighted by molar-refractivity contribution is 5.82. The summed E-state index contributed by atoms with van der Waals surface area (Å²) in [5.41, 5.74) is 5.97. The van der Waals surface area contributed by atoms with Crippen LogP contribution in [0.1, 0.15) is 45.4 Å².